The predicted molar refractivity (Wildman–Crippen MR) is 65.8 cm³/mol. The summed E-state index contributed by atoms with van der Waals surface area (Å²) in [4.78, 5) is 0. The average Bonchev–Trinajstić information content (AvgIpc) is 2.87. The lowest BCUT2D eigenvalue weighted by molar-refractivity contribution is -0.269. The second kappa shape index (κ2) is 4.12. The van der Waals surface area contributed by atoms with Crippen molar-refractivity contribution in [1.82, 2.24) is 0 Å². The molecule has 100 valence electrons. The van der Waals surface area contributed by atoms with E-state index in [1.165, 1.54) is 0 Å². The fraction of sp³-hybridized carbons (Fsp3) is 0.500. The van der Waals surface area contributed by atoms with E-state index in [0.717, 1.165) is 11.3 Å². The van der Waals surface area contributed by atoms with Gasteiger partial charge in [0.25, 0.3) is 0 Å². The molecule has 0 N–H and O–H groups in total. The molecule has 1 aliphatic heterocycles. The molecule has 2 aliphatic rings. The first-order chi connectivity index (χ1) is 9.17. The molecule has 1 saturated carbocycles. The summed E-state index contributed by atoms with van der Waals surface area (Å²) in [5.41, 5.74) is 0.344. The van der Waals surface area contributed by atoms with Crippen molar-refractivity contribution in [2.24, 2.45) is 0 Å². The molecule has 0 amide bonds. The molecule has 1 fully saturated rings. The summed E-state index contributed by atoms with van der Waals surface area (Å²) < 4.78 is 21.4. The number of ether oxygens (including phenoxy) is 4. The lowest BCUT2D eigenvalue weighted by Crippen LogP contribution is -2.56. The van der Waals surface area contributed by atoms with E-state index in [1.807, 2.05) is 18.2 Å². The van der Waals surface area contributed by atoms with E-state index in [1.54, 1.807) is 14.2 Å². The van der Waals surface area contributed by atoms with Gasteiger partial charge in [-0.2, -0.15) is 5.26 Å². The van der Waals surface area contributed by atoms with Crippen molar-refractivity contribution >= 4 is 0 Å². The summed E-state index contributed by atoms with van der Waals surface area (Å²) in [6.07, 6.45) is 1.03. The first kappa shape index (κ1) is 12.3. The van der Waals surface area contributed by atoms with Crippen LogP contribution in [0.1, 0.15) is 18.4 Å². The number of hydrogen-bond donors (Lipinski definition) is 0. The summed E-state index contributed by atoms with van der Waals surface area (Å²) >= 11 is 0. The van der Waals surface area contributed by atoms with Crippen LogP contribution in [0.2, 0.25) is 0 Å². The van der Waals surface area contributed by atoms with E-state index in [9.17, 15) is 5.26 Å². The molecule has 5 heteroatoms. The number of nitrogens with zero attached hydrogens (tertiary/aromatic N) is 1. The highest BCUT2D eigenvalue weighted by Gasteiger charge is 2.57. The standard InChI is InChI=1S/C14H15NO4/c1-16-14(17-2)6-13(7-14,8-15)10-3-4-11-12(5-10)19-9-18-11/h3-5H,6-7,9H2,1-2H3. The van der Waals surface area contributed by atoms with Gasteiger partial charge >= 0.3 is 0 Å². The van der Waals surface area contributed by atoms with Crippen LogP contribution in [-0.4, -0.2) is 26.8 Å². The van der Waals surface area contributed by atoms with Crippen molar-refractivity contribution < 1.29 is 18.9 Å². The maximum Gasteiger partial charge on any atom is 0.231 e. The van der Waals surface area contributed by atoms with Gasteiger partial charge in [-0.1, -0.05) is 6.07 Å². The van der Waals surface area contributed by atoms with Gasteiger partial charge in [0, 0.05) is 27.1 Å². The molecule has 1 aromatic carbocycles. The van der Waals surface area contributed by atoms with Crippen LogP contribution < -0.4 is 9.47 Å². The van der Waals surface area contributed by atoms with E-state index in [0.29, 0.717) is 18.6 Å². The molecule has 0 saturated heterocycles. The van der Waals surface area contributed by atoms with Crippen molar-refractivity contribution in [3.63, 3.8) is 0 Å². The second-order valence-electron chi connectivity index (χ2n) is 4.93. The quantitative estimate of drug-likeness (QED) is 0.778. The van der Waals surface area contributed by atoms with Crippen LogP contribution in [0.5, 0.6) is 11.5 Å². The molecular weight excluding hydrogens is 246 g/mol. The van der Waals surface area contributed by atoms with Crippen molar-refractivity contribution in [2.75, 3.05) is 21.0 Å². The molecule has 1 heterocycles. The van der Waals surface area contributed by atoms with Crippen LogP contribution in [-0.2, 0) is 14.9 Å². The molecule has 0 atom stereocenters. The Morgan fingerprint density at radius 3 is 2.47 bits per heavy atom. The highest BCUT2D eigenvalue weighted by molar-refractivity contribution is 5.49. The van der Waals surface area contributed by atoms with Crippen molar-refractivity contribution in [1.29, 1.82) is 5.26 Å². The summed E-state index contributed by atoms with van der Waals surface area (Å²) in [6.45, 7) is 0.235. The van der Waals surface area contributed by atoms with Gasteiger partial charge in [0.1, 0.15) is 0 Å². The molecule has 1 aliphatic carbocycles. The van der Waals surface area contributed by atoms with Crippen LogP contribution in [0.4, 0.5) is 0 Å². The minimum atomic E-state index is -0.647. The van der Waals surface area contributed by atoms with Crippen LogP contribution in [0.25, 0.3) is 0 Å². The highest BCUT2D eigenvalue weighted by Crippen LogP contribution is 2.53. The summed E-state index contributed by atoms with van der Waals surface area (Å²) in [7, 11) is 3.20. The summed E-state index contributed by atoms with van der Waals surface area (Å²) in [5, 5.41) is 9.53. The van der Waals surface area contributed by atoms with Gasteiger partial charge in [0.2, 0.25) is 6.79 Å². The molecule has 0 radical (unpaired) electrons. The Morgan fingerprint density at radius 2 is 1.84 bits per heavy atom. The zero-order valence-electron chi connectivity index (χ0n) is 10.9. The number of rotatable bonds is 3. The Morgan fingerprint density at radius 1 is 1.16 bits per heavy atom. The third-order valence-corrected chi connectivity index (χ3v) is 4.03. The summed E-state index contributed by atoms with van der Waals surface area (Å²) in [6, 6.07) is 8.02. The lowest BCUT2D eigenvalue weighted by Gasteiger charge is -2.50. The van der Waals surface area contributed by atoms with Gasteiger partial charge in [-0.05, 0) is 17.7 Å². The predicted octanol–water partition coefficient (Wildman–Crippen LogP) is 1.96. The lowest BCUT2D eigenvalue weighted by atomic mass is 9.61. The monoisotopic (exact) mass is 261 g/mol. The number of methoxy groups -OCH3 is 2. The maximum atomic E-state index is 9.53. The smallest absolute Gasteiger partial charge is 0.231 e. The third kappa shape index (κ3) is 1.68. The van der Waals surface area contributed by atoms with Crippen LogP contribution >= 0.6 is 0 Å². The van der Waals surface area contributed by atoms with Gasteiger partial charge in [0.15, 0.2) is 17.3 Å². The minimum absolute atomic E-state index is 0.235. The molecule has 3 rings (SSSR count). The molecule has 19 heavy (non-hydrogen) atoms. The first-order valence-electron chi connectivity index (χ1n) is 6.09. The Hall–Kier alpha value is -1.77. The fourth-order valence-electron chi connectivity index (χ4n) is 2.78. The number of benzene rings is 1. The van der Waals surface area contributed by atoms with Gasteiger partial charge < -0.3 is 18.9 Å². The molecule has 0 spiro atoms. The topological polar surface area (TPSA) is 60.7 Å². The summed E-state index contributed by atoms with van der Waals surface area (Å²) in [5.74, 6) is 0.770. The Bertz CT molecular complexity index is 537. The van der Waals surface area contributed by atoms with Crippen LogP contribution in [0.3, 0.4) is 0 Å². The molecule has 5 nitrogen and oxygen atoms in total. The normalized spacial score (nSPS) is 21.5. The highest BCUT2D eigenvalue weighted by atomic mass is 16.7. The van der Waals surface area contributed by atoms with Crippen molar-refractivity contribution in [3.8, 4) is 17.6 Å². The minimum Gasteiger partial charge on any atom is -0.454 e. The Balaban J connectivity index is 1.91. The SMILES string of the molecule is COC1(OC)CC(C#N)(c2ccc3c(c2)OCO3)C1. The van der Waals surface area contributed by atoms with Crippen molar-refractivity contribution in [2.45, 2.75) is 24.0 Å². The average molecular weight is 261 g/mol. The van der Waals surface area contributed by atoms with Gasteiger partial charge in [-0.25, -0.2) is 0 Å². The Labute approximate surface area is 111 Å². The Kier molecular flexibility index (Phi) is 2.66. The van der Waals surface area contributed by atoms with E-state index in [4.69, 9.17) is 18.9 Å². The molecule has 1 aromatic rings. The maximum absolute atomic E-state index is 9.53. The molecule has 0 unspecified atom stereocenters. The molecule has 0 bridgehead atoms. The van der Waals surface area contributed by atoms with E-state index in [-0.39, 0.29) is 6.79 Å². The number of fused-ring (bicyclic) bond motifs is 1. The van der Waals surface area contributed by atoms with Gasteiger partial charge in [-0.15, -0.1) is 0 Å². The van der Waals surface area contributed by atoms with Crippen LogP contribution in [0.15, 0.2) is 18.2 Å². The zero-order valence-corrected chi connectivity index (χ0v) is 10.9. The van der Waals surface area contributed by atoms with Gasteiger partial charge in [-0.3, -0.25) is 0 Å². The van der Waals surface area contributed by atoms with Crippen molar-refractivity contribution in [3.05, 3.63) is 23.8 Å². The van der Waals surface area contributed by atoms with E-state index in [2.05, 4.69) is 6.07 Å². The molecule has 0 aromatic heterocycles. The number of nitriles is 1. The zero-order chi connectivity index (χ0) is 13.5. The fourth-order valence-corrected chi connectivity index (χ4v) is 2.78. The van der Waals surface area contributed by atoms with Gasteiger partial charge in [0.05, 0.1) is 11.5 Å². The van der Waals surface area contributed by atoms with Crippen LogP contribution in [0, 0.1) is 11.3 Å². The largest absolute Gasteiger partial charge is 0.454 e. The third-order valence-electron chi connectivity index (χ3n) is 4.03. The van der Waals surface area contributed by atoms with E-state index >= 15 is 0 Å². The number of hydrogen-bond acceptors (Lipinski definition) is 5. The first-order valence-corrected chi connectivity index (χ1v) is 6.09. The molecular formula is C14H15NO4. The second-order valence-corrected chi connectivity index (χ2v) is 4.93. The van der Waals surface area contributed by atoms with E-state index < -0.39 is 11.2 Å².